The van der Waals surface area contributed by atoms with Crippen LogP contribution in [0.2, 0.25) is 0 Å². The molecule has 16 heavy (non-hydrogen) atoms. The smallest absolute Gasteiger partial charge is 0.261 e. The molecule has 1 heterocycles. The van der Waals surface area contributed by atoms with Crippen LogP contribution in [0.5, 0.6) is 0 Å². The number of nitrogens with zero attached hydrogens (tertiary/aromatic N) is 1. The van der Waals surface area contributed by atoms with Gasteiger partial charge in [0.05, 0.1) is 11.1 Å². The summed E-state index contributed by atoms with van der Waals surface area (Å²) in [4.78, 5) is 0.0862. The molecule has 0 atom stereocenters. The van der Waals surface area contributed by atoms with E-state index in [1.54, 1.807) is 25.1 Å². The third-order valence-corrected chi connectivity index (χ3v) is 3.64. The fourth-order valence-corrected chi connectivity index (χ4v) is 2.60. The molecule has 0 unspecified atom stereocenters. The molecule has 0 spiro atoms. The van der Waals surface area contributed by atoms with Crippen molar-refractivity contribution >= 4 is 19.7 Å². The Morgan fingerprint density at radius 1 is 1.31 bits per heavy atom. The van der Waals surface area contributed by atoms with E-state index in [0.717, 1.165) is 0 Å². The topological polar surface area (TPSA) is 60.2 Å². The van der Waals surface area contributed by atoms with E-state index in [4.69, 9.17) is 15.2 Å². The zero-order chi connectivity index (χ0) is 11.8. The highest BCUT2D eigenvalue weighted by Crippen LogP contribution is 2.26. The van der Waals surface area contributed by atoms with Gasteiger partial charge in [0.25, 0.3) is 9.05 Å². The Balaban J connectivity index is 2.61. The Morgan fingerprint density at radius 3 is 2.62 bits per heavy atom. The summed E-state index contributed by atoms with van der Waals surface area (Å²) in [6.45, 7) is 1.68. The van der Waals surface area contributed by atoms with Gasteiger partial charge in [-0.15, -0.1) is 0 Å². The van der Waals surface area contributed by atoms with Crippen molar-refractivity contribution in [2.45, 2.75) is 11.8 Å². The average molecular weight is 258 g/mol. The van der Waals surface area contributed by atoms with Crippen LogP contribution in [0.25, 0.3) is 11.3 Å². The zero-order valence-electron chi connectivity index (χ0n) is 8.34. The Morgan fingerprint density at radius 2 is 2.06 bits per heavy atom. The predicted octanol–water partition coefficient (Wildman–Crippen LogP) is 2.58. The quantitative estimate of drug-likeness (QED) is 0.776. The minimum atomic E-state index is -3.74. The Kier molecular flexibility index (Phi) is 2.73. The van der Waals surface area contributed by atoms with Gasteiger partial charge in [-0.25, -0.2) is 8.42 Å². The zero-order valence-corrected chi connectivity index (χ0v) is 9.92. The average Bonchev–Trinajstić information content (AvgIpc) is 2.69. The molecule has 1 aromatic heterocycles. The van der Waals surface area contributed by atoms with Gasteiger partial charge in [-0.1, -0.05) is 17.3 Å². The molecule has 0 saturated carbocycles. The molecule has 4 nitrogen and oxygen atoms in total. The highest BCUT2D eigenvalue weighted by Gasteiger charge is 2.15. The number of rotatable bonds is 2. The van der Waals surface area contributed by atoms with E-state index >= 15 is 0 Å². The van der Waals surface area contributed by atoms with Gasteiger partial charge in [0, 0.05) is 22.3 Å². The first kappa shape index (κ1) is 11.2. The van der Waals surface area contributed by atoms with Crippen LogP contribution in [0.4, 0.5) is 0 Å². The summed E-state index contributed by atoms with van der Waals surface area (Å²) in [5.74, 6) is 0.501. The van der Waals surface area contributed by atoms with Crippen LogP contribution in [-0.4, -0.2) is 13.6 Å². The Hall–Kier alpha value is -1.33. The Labute approximate surface area is 97.3 Å². The monoisotopic (exact) mass is 257 g/mol. The van der Waals surface area contributed by atoms with Gasteiger partial charge in [0.1, 0.15) is 0 Å². The van der Waals surface area contributed by atoms with E-state index in [9.17, 15) is 8.42 Å². The standard InChI is InChI=1S/C10H8ClNO3S/c1-7-2-3-8(9-4-5-12-15-9)6-10(7)16(11,13)14/h2-6H,1H3. The van der Waals surface area contributed by atoms with Gasteiger partial charge in [-0.05, 0) is 18.6 Å². The van der Waals surface area contributed by atoms with E-state index in [2.05, 4.69) is 5.16 Å². The minimum absolute atomic E-state index is 0.0862. The van der Waals surface area contributed by atoms with Crippen molar-refractivity contribution in [3.8, 4) is 11.3 Å². The fraction of sp³-hybridized carbons (Fsp3) is 0.100. The van der Waals surface area contributed by atoms with Gasteiger partial charge in [0.2, 0.25) is 0 Å². The van der Waals surface area contributed by atoms with Gasteiger partial charge in [-0.3, -0.25) is 0 Å². The van der Waals surface area contributed by atoms with Crippen LogP contribution in [0.3, 0.4) is 0 Å². The number of aryl methyl sites for hydroxylation is 1. The fourth-order valence-electron chi connectivity index (χ4n) is 1.38. The normalized spacial score (nSPS) is 11.6. The van der Waals surface area contributed by atoms with Crippen LogP contribution in [0.1, 0.15) is 5.56 Å². The largest absolute Gasteiger partial charge is 0.356 e. The van der Waals surface area contributed by atoms with E-state index in [1.165, 1.54) is 12.3 Å². The molecular weight excluding hydrogens is 250 g/mol. The summed E-state index contributed by atoms with van der Waals surface area (Å²) in [5, 5.41) is 3.56. The second kappa shape index (κ2) is 3.92. The summed E-state index contributed by atoms with van der Waals surface area (Å²) in [6.07, 6.45) is 1.49. The van der Waals surface area contributed by atoms with Crippen molar-refractivity contribution in [3.63, 3.8) is 0 Å². The highest BCUT2D eigenvalue weighted by atomic mass is 35.7. The highest BCUT2D eigenvalue weighted by molar-refractivity contribution is 8.13. The molecule has 84 valence electrons. The number of hydrogen-bond acceptors (Lipinski definition) is 4. The first-order valence-corrected chi connectivity index (χ1v) is 6.76. The van der Waals surface area contributed by atoms with Crippen molar-refractivity contribution in [2.24, 2.45) is 0 Å². The number of hydrogen-bond donors (Lipinski definition) is 0. The molecule has 2 rings (SSSR count). The molecule has 0 N–H and O–H groups in total. The van der Waals surface area contributed by atoms with E-state index in [0.29, 0.717) is 16.9 Å². The molecule has 0 fully saturated rings. The molecule has 0 bridgehead atoms. The lowest BCUT2D eigenvalue weighted by Gasteiger charge is -2.03. The first-order valence-electron chi connectivity index (χ1n) is 4.45. The second-order valence-corrected chi connectivity index (χ2v) is 5.83. The first-order chi connectivity index (χ1) is 7.48. The lowest BCUT2D eigenvalue weighted by Crippen LogP contribution is -1.94. The van der Waals surface area contributed by atoms with E-state index < -0.39 is 9.05 Å². The molecular formula is C10H8ClNO3S. The summed E-state index contributed by atoms with van der Waals surface area (Å²) >= 11 is 0. The van der Waals surface area contributed by atoms with Crippen LogP contribution in [-0.2, 0) is 9.05 Å². The van der Waals surface area contributed by atoms with Crippen LogP contribution in [0, 0.1) is 6.92 Å². The van der Waals surface area contributed by atoms with Gasteiger partial charge in [0.15, 0.2) is 5.76 Å². The van der Waals surface area contributed by atoms with Gasteiger partial charge < -0.3 is 4.52 Å². The van der Waals surface area contributed by atoms with Crippen molar-refractivity contribution in [3.05, 3.63) is 36.0 Å². The molecule has 0 amide bonds. The molecule has 1 aromatic carbocycles. The summed E-state index contributed by atoms with van der Waals surface area (Å²) in [5.41, 5.74) is 1.22. The summed E-state index contributed by atoms with van der Waals surface area (Å²) in [7, 11) is 1.59. The molecule has 0 radical (unpaired) electrons. The molecule has 0 aliphatic heterocycles. The molecule has 6 heteroatoms. The van der Waals surface area contributed by atoms with Crippen molar-refractivity contribution in [2.75, 3.05) is 0 Å². The molecule has 0 saturated heterocycles. The van der Waals surface area contributed by atoms with Crippen LogP contribution >= 0.6 is 10.7 Å². The van der Waals surface area contributed by atoms with Gasteiger partial charge >= 0.3 is 0 Å². The SMILES string of the molecule is Cc1ccc(-c2ccno2)cc1S(=O)(=O)Cl. The van der Waals surface area contributed by atoms with Crippen molar-refractivity contribution in [1.82, 2.24) is 5.16 Å². The predicted molar refractivity (Wildman–Crippen MR) is 59.7 cm³/mol. The number of halogens is 1. The molecule has 2 aromatic rings. The molecule has 0 aliphatic rings. The van der Waals surface area contributed by atoms with E-state index in [-0.39, 0.29) is 4.90 Å². The third kappa shape index (κ3) is 2.10. The maximum absolute atomic E-state index is 11.3. The van der Waals surface area contributed by atoms with Gasteiger partial charge in [-0.2, -0.15) is 0 Å². The van der Waals surface area contributed by atoms with Crippen LogP contribution in [0.15, 0.2) is 39.9 Å². The van der Waals surface area contributed by atoms with E-state index in [1.807, 2.05) is 0 Å². The van der Waals surface area contributed by atoms with Crippen LogP contribution < -0.4 is 0 Å². The maximum Gasteiger partial charge on any atom is 0.261 e. The lowest BCUT2D eigenvalue weighted by molar-refractivity contribution is 0.432. The minimum Gasteiger partial charge on any atom is -0.356 e. The maximum atomic E-state index is 11.3. The summed E-state index contributed by atoms with van der Waals surface area (Å²) in [6, 6.07) is 6.54. The number of benzene rings is 1. The number of aromatic nitrogens is 1. The summed E-state index contributed by atoms with van der Waals surface area (Å²) < 4.78 is 27.5. The Bertz CT molecular complexity index is 605. The molecule has 0 aliphatic carbocycles. The van der Waals surface area contributed by atoms with Crippen molar-refractivity contribution < 1.29 is 12.9 Å². The second-order valence-electron chi connectivity index (χ2n) is 3.29. The third-order valence-electron chi connectivity index (χ3n) is 2.17. The van der Waals surface area contributed by atoms with Crippen molar-refractivity contribution in [1.29, 1.82) is 0 Å². The lowest BCUT2D eigenvalue weighted by atomic mass is 10.1.